The van der Waals surface area contributed by atoms with E-state index >= 15 is 0 Å². The van der Waals surface area contributed by atoms with Crippen LogP contribution in [-0.4, -0.2) is 75.9 Å². The van der Waals surface area contributed by atoms with Gasteiger partial charge in [-0.05, 0) is 55.0 Å². The predicted molar refractivity (Wildman–Crippen MR) is 170 cm³/mol. The maximum absolute atomic E-state index is 7.90. The quantitative estimate of drug-likeness (QED) is 0.215. The Morgan fingerprint density at radius 2 is 1.93 bits per heavy atom. The first-order valence-corrected chi connectivity index (χ1v) is 15.2. The van der Waals surface area contributed by atoms with Crippen molar-refractivity contribution in [3.63, 3.8) is 0 Å². The van der Waals surface area contributed by atoms with Crippen LogP contribution >= 0.6 is 0 Å². The molecule has 10 nitrogen and oxygen atoms in total. The third kappa shape index (κ3) is 9.14. The van der Waals surface area contributed by atoms with E-state index in [9.17, 15) is 0 Å². The smallest absolute Gasteiger partial charge is 0.226 e. The molecule has 1 atom stereocenters. The van der Waals surface area contributed by atoms with Gasteiger partial charge in [0.15, 0.2) is 0 Å². The Bertz CT molecular complexity index is 1140. The molecule has 0 aliphatic carbocycles. The average molecular weight is 583 g/mol. The molecule has 1 fully saturated rings. The first kappa shape index (κ1) is 33.3. The number of rotatable bonds is 18. The number of methoxy groups -OCH3 is 2. The molecule has 0 saturated carbocycles. The number of likely N-dealkylation sites (N-methyl/N-ethyl adjacent to an activating group) is 1. The molecule has 0 spiro atoms. The van der Waals surface area contributed by atoms with Crippen molar-refractivity contribution in [1.29, 1.82) is 5.41 Å². The standard InChI is InChI=1S/C32H50N6O4/c1-7-24(12-14-38(10-4)26-20-41-21-26)35-17-25(16-33)37-32-34-13-11-27(18-36-32)42-22-30-28(8-2)23(19-39-5)15-31(40-6)29(30)9-3/h13,15-18,24,26,33,35H,7-12,14,19-22H2,1-6H3,(H,36,37)/b25-17+,33-16?. The van der Waals surface area contributed by atoms with Gasteiger partial charge in [0, 0.05) is 50.3 Å². The minimum atomic E-state index is 0.304. The summed E-state index contributed by atoms with van der Waals surface area (Å²) in [5.41, 5.74) is 5.24. The number of ether oxygens (including phenoxy) is 4. The topological polar surface area (TPSA) is 113 Å². The molecule has 42 heavy (non-hydrogen) atoms. The number of benzene rings is 1. The molecule has 3 N–H and O–H groups in total. The Balaban J connectivity index is 1.64. The minimum absolute atomic E-state index is 0.304. The summed E-state index contributed by atoms with van der Waals surface area (Å²) in [4.78, 5) is 11.4. The maximum Gasteiger partial charge on any atom is 0.226 e. The first-order valence-electron chi connectivity index (χ1n) is 15.2. The zero-order chi connectivity index (χ0) is 30.3. The SMILES string of the molecule is CCc1c(COC)cc(OC)c(CC)c1COC1=CN=C(N/C(C=N)=C/NC(CC)CCN(CC)C2COC2)N=CC1. The van der Waals surface area contributed by atoms with Crippen LogP contribution in [0.2, 0.25) is 0 Å². The van der Waals surface area contributed by atoms with E-state index in [4.69, 9.17) is 24.4 Å². The molecule has 10 heteroatoms. The van der Waals surface area contributed by atoms with Crippen molar-refractivity contribution in [2.24, 2.45) is 9.98 Å². The van der Waals surface area contributed by atoms with Crippen molar-refractivity contribution >= 4 is 18.4 Å². The lowest BCUT2D eigenvalue weighted by Gasteiger charge is -2.37. The summed E-state index contributed by atoms with van der Waals surface area (Å²) in [6.45, 7) is 13.3. The highest BCUT2D eigenvalue weighted by atomic mass is 16.5. The molecule has 0 bridgehead atoms. The Morgan fingerprint density at radius 1 is 1.14 bits per heavy atom. The molecule has 1 unspecified atom stereocenters. The monoisotopic (exact) mass is 582 g/mol. The van der Waals surface area contributed by atoms with Gasteiger partial charge in [-0.3, -0.25) is 4.90 Å². The van der Waals surface area contributed by atoms with Crippen LogP contribution in [0.3, 0.4) is 0 Å². The summed E-state index contributed by atoms with van der Waals surface area (Å²) in [5, 5.41) is 14.5. The summed E-state index contributed by atoms with van der Waals surface area (Å²) in [5.74, 6) is 1.99. The van der Waals surface area contributed by atoms with Crippen LogP contribution in [-0.2, 0) is 40.3 Å². The van der Waals surface area contributed by atoms with Gasteiger partial charge in [-0.15, -0.1) is 0 Å². The Labute approximate surface area is 251 Å². The maximum atomic E-state index is 7.90. The van der Waals surface area contributed by atoms with E-state index in [1.54, 1.807) is 26.6 Å². The number of guanidine groups is 1. The van der Waals surface area contributed by atoms with Gasteiger partial charge in [0.25, 0.3) is 0 Å². The van der Waals surface area contributed by atoms with E-state index in [-0.39, 0.29) is 0 Å². The molecular formula is C32H50N6O4. The van der Waals surface area contributed by atoms with Crippen LogP contribution in [0.1, 0.15) is 69.2 Å². The van der Waals surface area contributed by atoms with Gasteiger partial charge >= 0.3 is 0 Å². The summed E-state index contributed by atoms with van der Waals surface area (Å²) < 4.78 is 22.8. The van der Waals surface area contributed by atoms with Crippen LogP contribution in [0.4, 0.5) is 0 Å². The molecular weight excluding hydrogens is 532 g/mol. The Morgan fingerprint density at radius 3 is 2.52 bits per heavy atom. The number of hydrogen-bond donors (Lipinski definition) is 3. The molecule has 2 heterocycles. The molecule has 2 aliphatic heterocycles. The van der Waals surface area contributed by atoms with E-state index in [2.05, 4.69) is 59.3 Å². The molecule has 2 aliphatic rings. The van der Waals surface area contributed by atoms with Crippen LogP contribution in [0.15, 0.2) is 39.9 Å². The van der Waals surface area contributed by atoms with Gasteiger partial charge in [0.05, 0.1) is 44.9 Å². The number of aliphatic imine (C=N–C) groups is 2. The zero-order valence-corrected chi connectivity index (χ0v) is 26.3. The zero-order valence-electron chi connectivity index (χ0n) is 26.3. The molecule has 232 valence electrons. The summed E-state index contributed by atoms with van der Waals surface area (Å²) in [6, 6.07) is 2.93. The minimum Gasteiger partial charge on any atom is -0.496 e. The fourth-order valence-electron chi connectivity index (χ4n) is 5.30. The number of hydrogen-bond acceptors (Lipinski definition) is 10. The molecule has 0 radical (unpaired) electrons. The Hall–Kier alpha value is -3.21. The van der Waals surface area contributed by atoms with Crippen molar-refractivity contribution in [2.75, 3.05) is 40.5 Å². The highest BCUT2D eigenvalue weighted by molar-refractivity contribution is 5.94. The lowest BCUT2D eigenvalue weighted by molar-refractivity contribution is -0.0639. The average Bonchev–Trinajstić information content (AvgIpc) is 3.22. The number of nitrogens with one attached hydrogen (secondary N) is 3. The van der Waals surface area contributed by atoms with Crippen LogP contribution < -0.4 is 15.4 Å². The normalized spacial score (nSPS) is 16.3. The summed E-state index contributed by atoms with van der Waals surface area (Å²) >= 11 is 0. The van der Waals surface area contributed by atoms with Gasteiger partial charge in [-0.1, -0.05) is 27.7 Å². The number of nitrogens with zero attached hydrogens (tertiary/aromatic N) is 3. The highest BCUT2D eigenvalue weighted by Crippen LogP contribution is 2.32. The van der Waals surface area contributed by atoms with E-state index < -0.39 is 0 Å². The van der Waals surface area contributed by atoms with Gasteiger partial charge in [-0.25, -0.2) is 9.98 Å². The third-order valence-corrected chi connectivity index (χ3v) is 7.87. The molecule has 1 aromatic carbocycles. The van der Waals surface area contributed by atoms with Gasteiger partial charge in [0.2, 0.25) is 5.96 Å². The second kappa shape index (κ2) is 17.7. The third-order valence-electron chi connectivity index (χ3n) is 7.87. The van der Waals surface area contributed by atoms with Crippen molar-refractivity contribution < 1.29 is 18.9 Å². The molecule has 3 rings (SSSR count). The van der Waals surface area contributed by atoms with E-state index in [1.807, 2.05) is 6.20 Å². The lowest BCUT2D eigenvalue weighted by Crippen LogP contribution is -2.50. The van der Waals surface area contributed by atoms with Crippen molar-refractivity contribution in [1.82, 2.24) is 15.5 Å². The van der Waals surface area contributed by atoms with Crippen molar-refractivity contribution in [3.8, 4) is 5.75 Å². The predicted octanol–water partition coefficient (Wildman–Crippen LogP) is 4.71. The van der Waals surface area contributed by atoms with Gasteiger partial charge < -0.3 is 35.0 Å². The second-order valence-electron chi connectivity index (χ2n) is 10.4. The highest BCUT2D eigenvalue weighted by Gasteiger charge is 2.25. The fraction of sp³-hybridized carbons (Fsp3) is 0.594. The second-order valence-corrected chi connectivity index (χ2v) is 10.4. The fourth-order valence-corrected chi connectivity index (χ4v) is 5.30. The summed E-state index contributed by atoms with van der Waals surface area (Å²) in [7, 11) is 3.41. The van der Waals surface area contributed by atoms with Gasteiger partial charge in [0.1, 0.15) is 18.1 Å². The van der Waals surface area contributed by atoms with Crippen LogP contribution in [0.25, 0.3) is 0 Å². The van der Waals surface area contributed by atoms with Crippen LogP contribution in [0, 0.1) is 5.41 Å². The van der Waals surface area contributed by atoms with Crippen molar-refractivity contribution in [2.45, 2.75) is 85.1 Å². The van der Waals surface area contributed by atoms with Gasteiger partial charge in [-0.2, -0.15) is 0 Å². The lowest BCUT2D eigenvalue weighted by atomic mass is 9.92. The van der Waals surface area contributed by atoms with E-state index in [1.165, 1.54) is 11.8 Å². The van der Waals surface area contributed by atoms with Crippen LogP contribution in [0.5, 0.6) is 5.75 Å². The molecule has 1 aromatic rings. The first-order chi connectivity index (χ1) is 20.5. The van der Waals surface area contributed by atoms with Crippen molar-refractivity contribution in [3.05, 3.63) is 52.2 Å². The molecule has 0 aromatic heterocycles. The van der Waals surface area contributed by atoms with E-state index in [0.717, 1.165) is 80.2 Å². The van der Waals surface area contributed by atoms with E-state index in [0.29, 0.717) is 43.4 Å². The Kier molecular flexibility index (Phi) is 14.0. The molecule has 0 amide bonds. The molecule has 1 saturated heterocycles. The largest absolute Gasteiger partial charge is 0.496 e. The number of allylic oxidation sites excluding steroid dienone is 2. The summed E-state index contributed by atoms with van der Waals surface area (Å²) in [6.07, 6.45) is 10.8.